The zero-order valence-electron chi connectivity index (χ0n) is 18.9. The summed E-state index contributed by atoms with van der Waals surface area (Å²) in [6, 6.07) is 30.0. The van der Waals surface area contributed by atoms with Gasteiger partial charge in [-0.25, -0.2) is 4.68 Å². The van der Waals surface area contributed by atoms with Crippen molar-refractivity contribution in [2.75, 3.05) is 6.61 Å². The van der Waals surface area contributed by atoms with Crippen molar-refractivity contribution in [1.82, 2.24) is 9.78 Å². The molecule has 0 amide bonds. The molecule has 5 heteroatoms. The summed E-state index contributed by atoms with van der Waals surface area (Å²) in [5, 5.41) is 15.7. The number of para-hydroxylation sites is 1. The Labute approximate surface area is 195 Å². The highest BCUT2D eigenvalue weighted by Crippen LogP contribution is 2.27. The van der Waals surface area contributed by atoms with Crippen molar-refractivity contribution in [2.24, 2.45) is 0 Å². The average Bonchev–Trinajstić information content (AvgIpc) is 3.35. The van der Waals surface area contributed by atoms with E-state index in [1.807, 2.05) is 89.6 Å². The summed E-state index contributed by atoms with van der Waals surface area (Å²) in [7, 11) is 0. The number of ether oxygens (including phenoxy) is 2. The van der Waals surface area contributed by atoms with Crippen LogP contribution in [0.25, 0.3) is 5.69 Å². The van der Waals surface area contributed by atoms with E-state index in [4.69, 9.17) is 9.47 Å². The highest BCUT2D eigenvalue weighted by molar-refractivity contribution is 5.42. The number of benzene rings is 3. The van der Waals surface area contributed by atoms with Crippen molar-refractivity contribution in [1.29, 1.82) is 0 Å². The zero-order chi connectivity index (χ0) is 22.9. The van der Waals surface area contributed by atoms with Gasteiger partial charge >= 0.3 is 0 Å². The predicted octanol–water partition coefficient (Wildman–Crippen LogP) is 5.27. The van der Waals surface area contributed by atoms with Crippen molar-refractivity contribution < 1.29 is 14.6 Å². The van der Waals surface area contributed by atoms with Gasteiger partial charge in [-0.2, -0.15) is 5.10 Å². The number of hydrogen-bond acceptors (Lipinski definition) is 4. The Bertz CT molecular complexity index is 1110. The summed E-state index contributed by atoms with van der Waals surface area (Å²) in [5.41, 5.74) is 5.07. The Morgan fingerprint density at radius 1 is 0.818 bits per heavy atom. The first-order valence-corrected chi connectivity index (χ1v) is 11.3. The largest absolute Gasteiger partial charge is 0.388 e. The van der Waals surface area contributed by atoms with E-state index < -0.39 is 12.2 Å². The number of hydrogen-bond donors (Lipinski definition) is 1. The van der Waals surface area contributed by atoms with E-state index in [2.05, 4.69) is 18.1 Å². The van der Waals surface area contributed by atoms with E-state index in [1.165, 1.54) is 5.56 Å². The molecule has 0 radical (unpaired) electrons. The molecule has 4 rings (SSSR count). The highest BCUT2D eigenvalue weighted by atomic mass is 16.5. The normalized spacial score (nSPS) is 13.0. The number of aromatic nitrogens is 2. The van der Waals surface area contributed by atoms with Crippen LogP contribution in [-0.4, -0.2) is 27.6 Å². The summed E-state index contributed by atoms with van der Waals surface area (Å²) in [6.07, 6.45) is 1.17. The standard InChI is InChI=1S/C28H30N2O3/c1-2-24-15-9-10-16-25(24)30-26(17-18-29-30)28(33-20-23-13-7-4-8-14-23)27(31)21-32-19-22-11-5-3-6-12-22/h3-18,27-28,31H,2,19-21H2,1H3/t27-,28+/m1/s1. The molecule has 0 saturated carbocycles. The number of rotatable bonds is 11. The molecule has 170 valence electrons. The van der Waals surface area contributed by atoms with E-state index in [9.17, 15) is 5.11 Å². The molecule has 0 saturated heterocycles. The molecule has 1 N–H and O–H groups in total. The Morgan fingerprint density at radius 3 is 2.15 bits per heavy atom. The molecule has 33 heavy (non-hydrogen) atoms. The van der Waals surface area contributed by atoms with Gasteiger partial charge in [-0.05, 0) is 35.2 Å². The van der Waals surface area contributed by atoms with E-state index in [0.29, 0.717) is 13.2 Å². The van der Waals surface area contributed by atoms with Crippen LogP contribution < -0.4 is 0 Å². The fraction of sp³-hybridized carbons (Fsp3) is 0.250. The smallest absolute Gasteiger partial charge is 0.128 e. The van der Waals surface area contributed by atoms with Gasteiger partial charge in [-0.1, -0.05) is 85.8 Å². The minimum Gasteiger partial charge on any atom is -0.388 e. The lowest BCUT2D eigenvalue weighted by Gasteiger charge is -2.25. The second kappa shape index (κ2) is 11.6. The maximum Gasteiger partial charge on any atom is 0.128 e. The van der Waals surface area contributed by atoms with Crippen LogP contribution in [0.3, 0.4) is 0 Å². The second-order valence-electron chi connectivity index (χ2n) is 7.94. The van der Waals surface area contributed by atoms with Gasteiger partial charge < -0.3 is 14.6 Å². The van der Waals surface area contributed by atoms with E-state index in [-0.39, 0.29) is 6.61 Å². The lowest BCUT2D eigenvalue weighted by atomic mass is 10.1. The molecule has 0 unspecified atom stereocenters. The van der Waals surface area contributed by atoms with Crippen LogP contribution in [0.5, 0.6) is 0 Å². The third-order valence-corrected chi connectivity index (χ3v) is 5.59. The molecule has 4 aromatic rings. The van der Waals surface area contributed by atoms with E-state index in [0.717, 1.165) is 28.9 Å². The molecule has 1 aromatic heterocycles. The summed E-state index contributed by atoms with van der Waals surface area (Å²) >= 11 is 0. The summed E-state index contributed by atoms with van der Waals surface area (Å²) in [6.45, 7) is 3.08. The molecule has 0 aliphatic carbocycles. The van der Waals surface area contributed by atoms with Gasteiger partial charge in [0.1, 0.15) is 12.2 Å². The third-order valence-electron chi connectivity index (χ3n) is 5.59. The summed E-state index contributed by atoms with van der Waals surface area (Å²) in [4.78, 5) is 0. The molecule has 1 heterocycles. The van der Waals surface area contributed by atoms with E-state index >= 15 is 0 Å². The van der Waals surface area contributed by atoms with Crippen LogP contribution in [-0.2, 0) is 29.1 Å². The van der Waals surface area contributed by atoms with Crippen LogP contribution in [0.15, 0.2) is 97.2 Å². The topological polar surface area (TPSA) is 56.5 Å². The first kappa shape index (κ1) is 22.9. The van der Waals surface area contributed by atoms with Crippen LogP contribution in [0, 0.1) is 0 Å². The van der Waals surface area contributed by atoms with Crippen LogP contribution in [0.1, 0.15) is 35.4 Å². The lowest BCUT2D eigenvalue weighted by molar-refractivity contribution is -0.0855. The maximum atomic E-state index is 11.1. The molecule has 0 fully saturated rings. The lowest BCUT2D eigenvalue weighted by Crippen LogP contribution is -2.28. The molecular weight excluding hydrogens is 412 g/mol. The van der Waals surface area contributed by atoms with Crippen molar-refractivity contribution in [3.05, 3.63) is 120 Å². The number of aliphatic hydroxyl groups is 1. The monoisotopic (exact) mass is 442 g/mol. The summed E-state index contributed by atoms with van der Waals surface area (Å²) < 4.78 is 14.0. The van der Waals surface area contributed by atoms with Crippen molar-refractivity contribution in [2.45, 2.75) is 38.8 Å². The van der Waals surface area contributed by atoms with Gasteiger partial charge in [0.2, 0.25) is 0 Å². The Kier molecular flexibility index (Phi) is 8.04. The summed E-state index contributed by atoms with van der Waals surface area (Å²) in [5.74, 6) is 0. The minimum absolute atomic E-state index is 0.148. The zero-order valence-corrected chi connectivity index (χ0v) is 18.9. The number of aliphatic hydroxyl groups excluding tert-OH is 1. The maximum absolute atomic E-state index is 11.1. The van der Waals surface area contributed by atoms with Crippen LogP contribution in [0.2, 0.25) is 0 Å². The fourth-order valence-corrected chi connectivity index (χ4v) is 3.86. The average molecular weight is 443 g/mol. The van der Waals surface area contributed by atoms with Crippen LogP contribution >= 0.6 is 0 Å². The SMILES string of the molecule is CCc1ccccc1-n1nccc1[C@H](OCc1ccccc1)[C@H](O)COCc1ccccc1. The third kappa shape index (κ3) is 5.96. The quantitative estimate of drug-likeness (QED) is 0.344. The van der Waals surface area contributed by atoms with Crippen LogP contribution in [0.4, 0.5) is 0 Å². The minimum atomic E-state index is -0.860. The first-order chi connectivity index (χ1) is 16.3. The first-order valence-electron chi connectivity index (χ1n) is 11.3. The molecular formula is C28H30N2O3. The van der Waals surface area contributed by atoms with Gasteiger partial charge in [-0.15, -0.1) is 0 Å². The molecule has 0 aliphatic rings. The Hall–Kier alpha value is -3.25. The van der Waals surface area contributed by atoms with Crippen molar-refractivity contribution in [3.63, 3.8) is 0 Å². The second-order valence-corrected chi connectivity index (χ2v) is 7.94. The van der Waals surface area contributed by atoms with Gasteiger partial charge in [-0.3, -0.25) is 0 Å². The molecule has 2 atom stereocenters. The fourth-order valence-electron chi connectivity index (χ4n) is 3.86. The Balaban J connectivity index is 1.56. The molecule has 3 aromatic carbocycles. The number of aryl methyl sites for hydroxylation is 1. The molecule has 5 nitrogen and oxygen atoms in total. The molecule has 0 aliphatic heterocycles. The van der Waals surface area contributed by atoms with E-state index in [1.54, 1.807) is 6.20 Å². The van der Waals surface area contributed by atoms with Gasteiger partial charge in [0.15, 0.2) is 0 Å². The van der Waals surface area contributed by atoms with Crippen molar-refractivity contribution in [3.8, 4) is 5.69 Å². The molecule has 0 bridgehead atoms. The Morgan fingerprint density at radius 2 is 1.45 bits per heavy atom. The van der Waals surface area contributed by atoms with Gasteiger partial charge in [0.05, 0.1) is 31.2 Å². The van der Waals surface area contributed by atoms with Gasteiger partial charge in [0.25, 0.3) is 0 Å². The highest BCUT2D eigenvalue weighted by Gasteiger charge is 2.27. The molecule has 0 spiro atoms. The van der Waals surface area contributed by atoms with Gasteiger partial charge in [0, 0.05) is 6.20 Å². The number of nitrogens with zero attached hydrogens (tertiary/aromatic N) is 2. The van der Waals surface area contributed by atoms with Crippen molar-refractivity contribution >= 4 is 0 Å². The predicted molar refractivity (Wildman–Crippen MR) is 129 cm³/mol.